The largest absolute Gasteiger partial charge is 0.382 e. The number of nitrogens with zero attached hydrogens (tertiary/aromatic N) is 2. The molecule has 1 unspecified atom stereocenters. The summed E-state index contributed by atoms with van der Waals surface area (Å²) in [6.07, 6.45) is 7.44. The second kappa shape index (κ2) is 4.13. The average Bonchev–Trinajstić information content (AvgIpc) is 2.65. The van der Waals surface area contributed by atoms with E-state index in [0.29, 0.717) is 5.82 Å². The third-order valence-corrected chi connectivity index (χ3v) is 4.22. The molecule has 1 heterocycles. The van der Waals surface area contributed by atoms with Gasteiger partial charge < -0.3 is 5.73 Å². The fraction of sp³-hybridized carbons (Fsp3) is 0.667. The molecule has 0 bridgehead atoms. The minimum absolute atomic E-state index is 0.267. The Kier molecular flexibility index (Phi) is 2.86. The van der Waals surface area contributed by atoms with Crippen molar-refractivity contribution in [3.63, 3.8) is 0 Å². The van der Waals surface area contributed by atoms with Crippen LogP contribution in [0, 0.1) is 0 Å². The van der Waals surface area contributed by atoms with E-state index in [0.717, 1.165) is 12.8 Å². The highest BCUT2D eigenvalue weighted by atomic mass is 32.2. The van der Waals surface area contributed by atoms with Crippen LogP contribution in [0.2, 0.25) is 0 Å². The van der Waals surface area contributed by atoms with Gasteiger partial charge in [-0.1, -0.05) is 19.3 Å². The SMILES string of the molecule is Nc1ccn(S(=O)C2CCCCC2)n1. The molecule has 1 saturated carbocycles. The second-order valence-electron chi connectivity index (χ2n) is 3.68. The van der Waals surface area contributed by atoms with E-state index in [1.165, 1.54) is 23.3 Å². The van der Waals surface area contributed by atoms with Crippen molar-refractivity contribution < 1.29 is 4.21 Å². The fourth-order valence-corrected chi connectivity index (χ4v) is 3.24. The van der Waals surface area contributed by atoms with Crippen molar-refractivity contribution in [2.45, 2.75) is 37.4 Å². The van der Waals surface area contributed by atoms with Crippen LogP contribution in [-0.2, 0) is 11.0 Å². The molecule has 0 saturated heterocycles. The van der Waals surface area contributed by atoms with Crippen LogP contribution in [0.4, 0.5) is 5.82 Å². The van der Waals surface area contributed by atoms with Crippen LogP contribution in [0.3, 0.4) is 0 Å². The minimum atomic E-state index is -1.02. The van der Waals surface area contributed by atoms with Gasteiger partial charge in [-0.05, 0) is 12.8 Å². The lowest BCUT2D eigenvalue weighted by molar-refractivity contribution is 0.501. The first-order chi connectivity index (χ1) is 6.77. The Hall–Kier alpha value is -0.840. The minimum Gasteiger partial charge on any atom is -0.382 e. The number of aromatic nitrogens is 2. The number of anilines is 1. The van der Waals surface area contributed by atoms with Crippen LogP contribution >= 0.6 is 0 Å². The topological polar surface area (TPSA) is 60.9 Å². The molecule has 1 aliphatic carbocycles. The highest BCUT2D eigenvalue weighted by Crippen LogP contribution is 2.22. The summed E-state index contributed by atoms with van der Waals surface area (Å²) >= 11 is 0. The van der Waals surface area contributed by atoms with E-state index in [-0.39, 0.29) is 5.25 Å². The molecule has 1 aromatic heterocycles. The molecule has 2 N–H and O–H groups in total. The van der Waals surface area contributed by atoms with Gasteiger partial charge >= 0.3 is 0 Å². The summed E-state index contributed by atoms with van der Waals surface area (Å²) in [5.74, 6) is 0.439. The van der Waals surface area contributed by atoms with Gasteiger partial charge in [-0.25, -0.2) is 4.21 Å². The van der Waals surface area contributed by atoms with Gasteiger partial charge in [0, 0.05) is 12.3 Å². The van der Waals surface area contributed by atoms with Crippen LogP contribution in [0.15, 0.2) is 12.3 Å². The Morgan fingerprint density at radius 2 is 2.14 bits per heavy atom. The molecule has 0 radical (unpaired) electrons. The van der Waals surface area contributed by atoms with Crippen molar-refractivity contribution in [1.29, 1.82) is 0 Å². The van der Waals surface area contributed by atoms with Gasteiger partial charge in [0.05, 0.1) is 5.25 Å². The van der Waals surface area contributed by atoms with Crippen LogP contribution in [-0.4, -0.2) is 18.6 Å². The first-order valence-electron chi connectivity index (χ1n) is 4.99. The summed E-state index contributed by atoms with van der Waals surface area (Å²) in [6, 6.07) is 1.68. The molecule has 0 aromatic carbocycles. The third-order valence-electron chi connectivity index (χ3n) is 2.61. The highest BCUT2D eigenvalue weighted by Gasteiger charge is 2.21. The van der Waals surface area contributed by atoms with Crippen molar-refractivity contribution in [3.05, 3.63) is 12.3 Å². The molecule has 14 heavy (non-hydrogen) atoms. The average molecular weight is 213 g/mol. The maximum absolute atomic E-state index is 12.0. The first-order valence-corrected chi connectivity index (χ1v) is 6.16. The summed E-state index contributed by atoms with van der Waals surface area (Å²) in [6.45, 7) is 0. The Balaban J connectivity index is 2.07. The highest BCUT2D eigenvalue weighted by molar-refractivity contribution is 7.84. The van der Waals surface area contributed by atoms with Gasteiger partial charge in [0.25, 0.3) is 0 Å². The summed E-state index contributed by atoms with van der Waals surface area (Å²) in [7, 11) is -1.02. The number of hydrogen-bond acceptors (Lipinski definition) is 3. The molecule has 5 heteroatoms. The van der Waals surface area contributed by atoms with Crippen molar-refractivity contribution in [3.8, 4) is 0 Å². The zero-order valence-corrected chi connectivity index (χ0v) is 8.87. The molecule has 1 aliphatic rings. The normalized spacial score (nSPS) is 20.9. The van der Waals surface area contributed by atoms with Crippen molar-refractivity contribution in [2.24, 2.45) is 0 Å². The quantitative estimate of drug-likeness (QED) is 0.805. The van der Waals surface area contributed by atoms with Gasteiger partial charge in [-0.2, -0.15) is 4.09 Å². The molecule has 1 fully saturated rings. The molecule has 4 nitrogen and oxygen atoms in total. The van der Waals surface area contributed by atoms with Crippen LogP contribution in [0.1, 0.15) is 32.1 Å². The van der Waals surface area contributed by atoms with E-state index in [9.17, 15) is 4.21 Å². The van der Waals surface area contributed by atoms with Gasteiger partial charge in [0.2, 0.25) is 0 Å². The number of nitrogen functional groups attached to an aromatic ring is 1. The van der Waals surface area contributed by atoms with Crippen molar-refractivity contribution in [2.75, 3.05) is 5.73 Å². The molecule has 78 valence electrons. The van der Waals surface area contributed by atoms with E-state index in [1.54, 1.807) is 12.3 Å². The van der Waals surface area contributed by atoms with Crippen LogP contribution in [0.25, 0.3) is 0 Å². The van der Waals surface area contributed by atoms with E-state index >= 15 is 0 Å². The van der Waals surface area contributed by atoms with Crippen molar-refractivity contribution in [1.82, 2.24) is 9.19 Å². The number of rotatable bonds is 2. The predicted octanol–water partition coefficient (Wildman–Crippen LogP) is 1.31. The monoisotopic (exact) mass is 213 g/mol. The van der Waals surface area contributed by atoms with Gasteiger partial charge in [-0.15, -0.1) is 5.10 Å². The second-order valence-corrected chi connectivity index (χ2v) is 5.27. The molecule has 0 amide bonds. The zero-order valence-electron chi connectivity index (χ0n) is 8.06. The maximum Gasteiger partial charge on any atom is 0.146 e. The standard InChI is InChI=1S/C9H15N3OS/c10-9-6-7-12(11-9)14(13)8-4-2-1-3-5-8/h6-8H,1-5H2,(H2,10,11). The van der Waals surface area contributed by atoms with E-state index in [1.807, 2.05) is 0 Å². The van der Waals surface area contributed by atoms with Gasteiger partial charge in [-0.3, -0.25) is 0 Å². The maximum atomic E-state index is 12.0. The van der Waals surface area contributed by atoms with E-state index < -0.39 is 11.0 Å². The summed E-state index contributed by atoms with van der Waals surface area (Å²) in [5.41, 5.74) is 5.48. The van der Waals surface area contributed by atoms with E-state index in [2.05, 4.69) is 5.10 Å². The Bertz CT molecular complexity index is 331. The molecule has 2 rings (SSSR count). The van der Waals surface area contributed by atoms with Crippen LogP contribution in [0.5, 0.6) is 0 Å². The lowest BCUT2D eigenvalue weighted by Crippen LogP contribution is -2.24. The molecule has 0 aliphatic heterocycles. The summed E-state index contributed by atoms with van der Waals surface area (Å²) in [4.78, 5) is 0. The number of hydrogen-bond donors (Lipinski definition) is 1. The third kappa shape index (κ3) is 1.97. The molecular formula is C9H15N3OS. The molecule has 1 atom stereocenters. The molecule has 1 aromatic rings. The number of nitrogens with two attached hydrogens (primary N) is 1. The summed E-state index contributed by atoms with van der Waals surface area (Å²) in [5, 5.41) is 4.25. The van der Waals surface area contributed by atoms with E-state index in [4.69, 9.17) is 5.73 Å². The Morgan fingerprint density at radius 1 is 1.43 bits per heavy atom. The zero-order chi connectivity index (χ0) is 9.97. The fourth-order valence-electron chi connectivity index (χ4n) is 1.84. The predicted molar refractivity (Wildman–Crippen MR) is 57.1 cm³/mol. The van der Waals surface area contributed by atoms with Crippen LogP contribution < -0.4 is 5.73 Å². The first kappa shape index (κ1) is 9.71. The lowest BCUT2D eigenvalue weighted by Gasteiger charge is -2.20. The Labute approximate surface area is 86.1 Å². The van der Waals surface area contributed by atoms with Gasteiger partial charge in [0.15, 0.2) is 0 Å². The summed E-state index contributed by atoms with van der Waals surface area (Å²) < 4.78 is 13.5. The Morgan fingerprint density at radius 3 is 2.71 bits per heavy atom. The molecular weight excluding hydrogens is 198 g/mol. The lowest BCUT2D eigenvalue weighted by atomic mass is 10.0. The van der Waals surface area contributed by atoms with Gasteiger partial charge in [0.1, 0.15) is 16.8 Å². The van der Waals surface area contributed by atoms with Crippen molar-refractivity contribution >= 4 is 16.8 Å². The smallest absolute Gasteiger partial charge is 0.146 e. The molecule has 0 spiro atoms.